The summed E-state index contributed by atoms with van der Waals surface area (Å²) in [6.07, 6.45) is 10.3. The highest BCUT2D eigenvalue weighted by atomic mass is 16.3. The smallest absolute Gasteiger partial charge is 0.0614 e. The molecular weight excluding hydrogens is 236 g/mol. The third-order valence-corrected chi connectivity index (χ3v) is 5.15. The molecule has 0 unspecified atom stereocenters. The highest BCUT2D eigenvalue weighted by Crippen LogP contribution is 2.27. The van der Waals surface area contributed by atoms with Crippen molar-refractivity contribution in [3.05, 3.63) is 0 Å². The maximum atomic E-state index is 9.89. The van der Waals surface area contributed by atoms with Crippen molar-refractivity contribution in [2.75, 3.05) is 19.7 Å². The Morgan fingerprint density at radius 1 is 1.11 bits per heavy atom. The van der Waals surface area contributed by atoms with Crippen LogP contribution in [0.5, 0.6) is 0 Å². The van der Waals surface area contributed by atoms with Crippen LogP contribution in [0, 0.1) is 0 Å². The number of aliphatic hydroxyl groups is 1. The largest absolute Gasteiger partial charge is 0.394 e. The number of hydrogen-bond donors (Lipinski definition) is 2. The summed E-state index contributed by atoms with van der Waals surface area (Å²) in [5.74, 6) is 0. The molecule has 0 atom stereocenters. The van der Waals surface area contributed by atoms with Gasteiger partial charge in [0, 0.05) is 30.7 Å². The molecule has 1 heterocycles. The Hall–Kier alpha value is -0.120. The fourth-order valence-corrected chi connectivity index (χ4v) is 3.67. The molecule has 1 aliphatic heterocycles. The van der Waals surface area contributed by atoms with E-state index in [0.717, 1.165) is 25.9 Å². The summed E-state index contributed by atoms with van der Waals surface area (Å²) in [6, 6.07) is 1.27. The molecule has 2 aliphatic rings. The van der Waals surface area contributed by atoms with Gasteiger partial charge < -0.3 is 15.3 Å². The molecule has 2 fully saturated rings. The Labute approximate surface area is 118 Å². The quantitative estimate of drug-likeness (QED) is 0.769. The van der Waals surface area contributed by atoms with Crippen LogP contribution < -0.4 is 5.32 Å². The fourth-order valence-electron chi connectivity index (χ4n) is 3.67. The predicted octanol–water partition coefficient (Wildman–Crippen LogP) is 2.53. The molecular formula is C16H32N2O. The molecule has 1 saturated carbocycles. The number of piperidine rings is 1. The summed E-state index contributed by atoms with van der Waals surface area (Å²) in [7, 11) is 0. The number of likely N-dealkylation sites (tertiary alicyclic amines) is 1. The van der Waals surface area contributed by atoms with E-state index < -0.39 is 0 Å². The summed E-state index contributed by atoms with van der Waals surface area (Å²) >= 11 is 0. The molecule has 0 spiro atoms. The Bertz CT molecular complexity index is 251. The number of rotatable bonds is 4. The monoisotopic (exact) mass is 268 g/mol. The second-order valence-corrected chi connectivity index (χ2v) is 6.90. The van der Waals surface area contributed by atoms with E-state index in [1.807, 2.05) is 0 Å². The van der Waals surface area contributed by atoms with E-state index in [1.165, 1.54) is 38.5 Å². The van der Waals surface area contributed by atoms with Crippen molar-refractivity contribution < 1.29 is 5.11 Å². The van der Waals surface area contributed by atoms with E-state index in [9.17, 15) is 5.11 Å². The molecule has 3 nitrogen and oxygen atoms in total. The third-order valence-electron chi connectivity index (χ3n) is 5.15. The molecule has 0 bridgehead atoms. The van der Waals surface area contributed by atoms with E-state index in [4.69, 9.17) is 0 Å². The first-order chi connectivity index (χ1) is 9.15. The van der Waals surface area contributed by atoms with Gasteiger partial charge in [0.1, 0.15) is 0 Å². The van der Waals surface area contributed by atoms with Gasteiger partial charge in [-0.1, -0.05) is 25.7 Å². The van der Waals surface area contributed by atoms with Crippen LogP contribution in [-0.4, -0.2) is 47.3 Å². The minimum atomic E-state index is 0.000394. The molecule has 19 heavy (non-hydrogen) atoms. The topological polar surface area (TPSA) is 35.5 Å². The van der Waals surface area contributed by atoms with E-state index in [0.29, 0.717) is 18.7 Å². The molecule has 1 saturated heterocycles. The molecule has 0 aromatic rings. The van der Waals surface area contributed by atoms with Crippen molar-refractivity contribution in [2.24, 2.45) is 0 Å². The number of nitrogens with one attached hydrogen (secondary N) is 1. The minimum Gasteiger partial charge on any atom is -0.394 e. The number of nitrogens with zero attached hydrogens (tertiary/aromatic N) is 1. The zero-order valence-corrected chi connectivity index (χ0v) is 12.8. The minimum absolute atomic E-state index is 0.000394. The molecule has 2 rings (SSSR count). The molecule has 0 radical (unpaired) electrons. The maximum Gasteiger partial charge on any atom is 0.0614 e. The van der Waals surface area contributed by atoms with Gasteiger partial charge in [-0.3, -0.25) is 0 Å². The van der Waals surface area contributed by atoms with Gasteiger partial charge in [0.25, 0.3) is 0 Å². The molecule has 1 aliphatic carbocycles. The van der Waals surface area contributed by atoms with E-state index in [2.05, 4.69) is 24.1 Å². The van der Waals surface area contributed by atoms with Crippen LogP contribution in [0.1, 0.15) is 65.2 Å². The summed E-state index contributed by atoms with van der Waals surface area (Å²) in [5.41, 5.74) is 0.000394. The van der Waals surface area contributed by atoms with E-state index in [1.54, 1.807) is 0 Å². The highest BCUT2D eigenvalue weighted by molar-refractivity contribution is 4.95. The molecule has 0 amide bonds. The van der Waals surface area contributed by atoms with Crippen LogP contribution in [0.2, 0.25) is 0 Å². The Morgan fingerprint density at radius 3 is 2.16 bits per heavy atom. The van der Waals surface area contributed by atoms with Crippen molar-refractivity contribution >= 4 is 0 Å². The Kier molecular flexibility index (Phi) is 5.67. The van der Waals surface area contributed by atoms with Crippen LogP contribution in [0.25, 0.3) is 0 Å². The molecule has 0 aromatic carbocycles. The first-order valence-electron chi connectivity index (χ1n) is 8.28. The van der Waals surface area contributed by atoms with Crippen LogP contribution >= 0.6 is 0 Å². The summed E-state index contributed by atoms with van der Waals surface area (Å²) in [5, 5.41) is 13.7. The van der Waals surface area contributed by atoms with Crippen LogP contribution in [0.3, 0.4) is 0 Å². The van der Waals surface area contributed by atoms with Gasteiger partial charge in [0.05, 0.1) is 6.61 Å². The molecule has 3 heteroatoms. The van der Waals surface area contributed by atoms with Crippen molar-refractivity contribution in [2.45, 2.75) is 82.8 Å². The lowest BCUT2D eigenvalue weighted by Gasteiger charge is -2.44. The zero-order chi connectivity index (χ0) is 13.7. The van der Waals surface area contributed by atoms with Crippen molar-refractivity contribution in [3.8, 4) is 0 Å². The first kappa shape index (κ1) is 15.3. The molecule has 112 valence electrons. The summed E-state index contributed by atoms with van der Waals surface area (Å²) < 4.78 is 0. The van der Waals surface area contributed by atoms with Crippen LogP contribution in [0.4, 0.5) is 0 Å². The van der Waals surface area contributed by atoms with Gasteiger partial charge in [-0.05, 0) is 39.5 Å². The van der Waals surface area contributed by atoms with Gasteiger partial charge in [0.2, 0.25) is 0 Å². The van der Waals surface area contributed by atoms with E-state index >= 15 is 0 Å². The Balaban J connectivity index is 1.88. The maximum absolute atomic E-state index is 9.89. The lowest BCUT2D eigenvalue weighted by atomic mass is 9.86. The third kappa shape index (κ3) is 4.17. The Morgan fingerprint density at radius 2 is 1.68 bits per heavy atom. The first-order valence-corrected chi connectivity index (χ1v) is 8.28. The normalized spacial score (nSPS) is 26.5. The fraction of sp³-hybridized carbons (Fsp3) is 1.00. The van der Waals surface area contributed by atoms with Gasteiger partial charge in [0.15, 0.2) is 0 Å². The van der Waals surface area contributed by atoms with Crippen LogP contribution in [0.15, 0.2) is 0 Å². The van der Waals surface area contributed by atoms with Gasteiger partial charge in [-0.2, -0.15) is 0 Å². The molecule has 2 N–H and O–H groups in total. The van der Waals surface area contributed by atoms with Crippen molar-refractivity contribution in [3.63, 3.8) is 0 Å². The second kappa shape index (κ2) is 7.05. The zero-order valence-electron chi connectivity index (χ0n) is 12.8. The van der Waals surface area contributed by atoms with Gasteiger partial charge in [-0.15, -0.1) is 0 Å². The number of aliphatic hydroxyl groups excluding tert-OH is 1. The highest BCUT2D eigenvalue weighted by Gasteiger charge is 2.36. The summed E-state index contributed by atoms with van der Waals surface area (Å²) in [4.78, 5) is 2.53. The SMILES string of the molecule is CC(C)N1CCC(CO)(NC2CCCCCC2)CC1. The standard InChI is InChI=1S/C16H32N2O/c1-14(2)18-11-9-16(13-19,10-12-18)17-15-7-5-3-4-6-8-15/h14-15,17,19H,3-13H2,1-2H3. The lowest BCUT2D eigenvalue weighted by Crippen LogP contribution is -2.59. The molecule has 0 aromatic heterocycles. The van der Waals surface area contributed by atoms with Crippen LogP contribution in [-0.2, 0) is 0 Å². The second-order valence-electron chi connectivity index (χ2n) is 6.90. The van der Waals surface area contributed by atoms with E-state index in [-0.39, 0.29) is 5.54 Å². The predicted molar refractivity (Wildman–Crippen MR) is 80.4 cm³/mol. The van der Waals surface area contributed by atoms with Gasteiger partial charge in [-0.25, -0.2) is 0 Å². The average Bonchev–Trinajstić information content (AvgIpc) is 2.68. The average molecular weight is 268 g/mol. The van der Waals surface area contributed by atoms with Crippen molar-refractivity contribution in [1.82, 2.24) is 10.2 Å². The number of hydrogen-bond acceptors (Lipinski definition) is 3. The lowest BCUT2D eigenvalue weighted by molar-refractivity contribution is 0.0557. The van der Waals surface area contributed by atoms with Crippen molar-refractivity contribution in [1.29, 1.82) is 0 Å². The van der Waals surface area contributed by atoms with Gasteiger partial charge >= 0.3 is 0 Å². The summed E-state index contributed by atoms with van der Waals surface area (Å²) in [6.45, 7) is 7.08.